The first-order chi connectivity index (χ1) is 26.9. The topological polar surface area (TPSA) is 220 Å². The molecule has 56 heavy (non-hydrogen) atoms. The molecule has 0 saturated heterocycles. The number of nitrogens with zero attached hydrogens (tertiary/aromatic N) is 3. The Kier molecular flexibility index (Phi) is 12.1. The highest BCUT2D eigenvalue weighted by atomic mass is 32.2. The van der Waals surface area contributed by atoms with Gasteiger partial charge in [-0.05, 0) is 91.7 Å². The van der Waals surface area contributed by atoms with Gasteiger partial charge in [0.1, 0.15) is 9.79 Å². The molecule has 0 aliphatic carbocycles. The maximum atomic E-state index is 12.6. The van der Waals surface area contributed by atoms with Gasteiger partial charge in [0.15, 0.2) is 0 Å². The molecule has 0 bridgehead atoms. The standard InChI is InChI=1S/C39H39N9O6S2/c1-3-40-32-21-33(42-28-11-7-5-8-12-28)23-34(22-32)43-30-19-17-26(35(24-30)55(49,50)51)15-16-27-18-20-31(25-36(27)56(52,53)54)45-39-47-37(41-4-2)46-38(48-39)44-29-13-9-6-10-14-29/h5-25,40,42-43H,3-4H2,1-2H3,(H,49,50,51)(H,52,53,54)(H3,41,44,45,46,47,48). The minimum Gasteiger partial charge on any atom is -0.385 e. The van der Waals surface area contributed by atoms with E-state index in [0.717, 1.165) is 22.7 Å². The van der Waals surface area contributed by atoms with Crippen LogP contribution in [0, 0.1) is 0 Å². The van der Waals surface area contributed by atoms with Crippen LogP contribution < -0.4 is 31.9 Å². The van der Waals surface area contributed by atoms with Gasteiger partial charge in [0.2, 0.25) is 17.8 Å². The lowest BCUT2D eigenvalue weighted by atomic mass is 10.1. The SMILES string of the molecule is CCNc1cc(Nc2ccccc2)cc(Nc2ccc(C=Cc3ccc(Nc4nc(NCC)nc(Nc5ccccc5)n4)cc3S(=O)(=O)O)c(S(=O)(=O)O)c2)c1. The molecule has 0 fully saturated rings. The third-order valence-corrected chi connectivity index (χ3v) is 9.77. The number of rotatable bonds is 16. The minimum absolute atomic E-state index is 0.0376. The van der Waals surface area contributed by atoms with Gasteiger partial charge >= 0.3 is 0 Å². The zero-order valence-corrected chi connectivity index (χ0v) is 31.9. The van der Waals surface area contributed by atoms with Crippen molar-refractivity contribution in [3.05, 3.63) is 126 Å². The molecule has 0 spiro atoms. The maximum absolute atomic E-state index is 12.6. The average Bonchev–Trinajstić information content (AvgIpc) is 3.15. The first-order valence-electron chi connectivity index (χ1n) is 17.3. The van der Waals surface area contributed by atoms with Gasteiger partial charge in [-0.25, -0.2) is 0 Å². The summed E-state index contributed by atoms with van der Waals surface area (Å²) in [6.07, 6.45) is 2.65. The lowest BCUT2D eigenvalue weighted by Crippen LogP contribution is -2.09. The number of para-hydroxylation sites is 2. The van der Waals surface area contributed by atoms with Crippen molar-refractivity contribution in [2.24, 2.45) is 0 Å². The molecule has 288 valence electrons. The number of aromatic nitrogens is 3. The van der Waals surface area contributed by atoms with Gasteiger partial charge in [-0.1, -0.05) is 60.7 Å². The van der Waals surface area contributed by atoms with Gasteiger partial charge in [0, 0.05) is 52.9 Å². The van der Waals surface area contributed by atoms with Crippen LogP contribution in [-0.4, -0.2) is 54.0 Å². The molecule has 0 unspecified atom stereocenters. The molecule has 8 N–H and O–H groups in total. The number of hydrogen-bond donors (Lipinski definition) is 8. The van der Waals surface area contributed by atoms with E-state index in [2.05, 4.69) is 46.9 Å². The van der Waals surface area contributed by atoms with Crippen LogP contribution in [0.4, 0.5) is 57.7 Å². The van der Waals surface area contributed by atoms with Crippen molar-refractivity contribution in [2.75, 3.05) is 45.0 Å². The molecule has 0 amide bonds. The van der Waals surface area contributed by atoms with Gasteiger partial charge in [0.05, 0.1) is 0 Å². The van der Waals surface area contributed by atoms with Crippen molar-refractivity contribution in [3.63, 3.8) is 0 Å². The molecule has 1 heterocycles. The lowest BCUT2D eigenvalue weighted by Gasteiger charge is -2.15. The van der Waals surface area contributed by atoms with Crippen LogP contribution in [0.3, 0.4) is 0 Å². The van der Waals surface area contributed by atoms with Gasteiger partial charge < -0.3 is 31.9 Å². The molecule has 0 saturated carbocycles. The molecule has 0 aliphatic heterocycles. The van der Waals surface area contributed by atoms with E-state index < -0.39 is 30.0 Å². The summed E-state index contributed by atoms with van der Waals surface area (Å²) in [6.45, 7) is 5.05. The highest BCUT2D eigenvalue weighted by Gasteiger charge is 2.19. The minimum atomic E-state index is -4.79. The third kappa shape index (κ3) is 10.6. The largest absolute Gasteiger partial charge is 0.385 e. The van der Waals surface area contributed by atoms with Crippen LogP contribution in [0.25, 0.3) is 12.2 Å². The lowest BCUT2D eigenvalue weighted by molar-refractivity contribution is 0.480. The molecule has 6 aromatic rings. The molecule has 0 aliphatic rings. The fourth-order valence-electron chi connectivity index (χ4n) is 5.56. The Morgan fingerprint density at radius 1 is 0.464 bits per heavy atom. The fourth-order valence-corrected chi connectivity index (χ4v) is 6.98. The normalized spacial score (nSPS) is 11.6. The quantitative estimate of drug-likeness (QED) is 0.0341. The molecular weight excluding hydrogens is 755 g/mol. The van der Waals surface area contributed by atoms with Crippen molar-refractivity contribution >= 4 is 90.0 Å². The van der Waals surface area contributed by atoms with E-state index in [1.54, 1.807) is 6.07 Å². The van der Waals surface area contributed by atoms with E-state index in [0.29, 0.717) is 24.5 Å². The number of hydrogen-bond acceptors (Lipinski definition) is 13. The first-order valence-corrected chi connectivity index (χ1v) is 20.2. The summed E-state index contributed by atoms with van der Waals surface area (Å²) in [5.74, 6) is 0.574. The average molecular weight is 794 g/mol. The highest BCUT2D eigenvalue weighted by Crippen LogP contribution is 2.31. The van der Waals surface area contributed by atoms with Crippen molar-refractivity contribution in [1.29, 1.82) is 0 Å². The second kappa shape index (κ2) is 17.3. The first kappa shape index (κ1) is 39.2. The van der Waals surface area contributed by atoms with E-state index in [1.165, 1.54) is 42.5 Å². The monoisotopic (exact) mass is 793 g/mol. The van der Waals surface area contributed by atoms with Crippen LogP contribution in [0.15, 0.2) is 125 Å². The number of benzene rings is 5. The zero-order chi connectivity index (χ0) is 39.7. The Bertz CT molecular complexity index is 2400. The molecule has 6 rings (SSSR count). The van der Waals surface area contributed by atoms with Crippen LogP contribution in [-0.2, 0) is 20.2 Å². The van der Waals surface area contributed by atoms with E-state index >= 15 is 0 Å². The maximum Gasteiger partial charge on any atom is 0.295 e. The van der Waals surface area contributed by atoms with Gasteiger partial charge in [-0.3, -0.25) is 9.11 Å². The Labute approximate surface area is 324 Å². The van der Waals surface area contributed by atoms with Crippen LogP contribution >= 0.6 is 0 Å². The van der Waals surface area contributed by atoms with Crippen molar-refractivity contribution in [1.82, 2.24) is 15.0 Å². The summed E-state index contributed by atoms with van der Waals surface area (Å²) in [5.41, 5.74) is 4.54. The van der Waals surface area contributed by atoms with E-state index in [1.807, 2.05) is 92.7 Å². The number of nitrogens with one attached hydrogen (secondary N) is 6. The summed E-state index contributed by atoms with van der Waals surface area (Å²) >= 11 is 0. The van der Waals surface area contributed by atoms with E-state index in [-0.39, 0.29) is 34.7 Å². The van der Waals surface area contributed by atoms with Gasteiger partial charge in [-0.15, -0.1) is 0 Å². The Morgan fingerprint density at radius 2 is 0.875 bits per heavy atom. The van der Waals surface area contributed by atoms with Crippen molar-refractivity contribution < 1.29 is 25.9 Å². The predicted molar refractivity (Wildman–Crippen MR) is 222 cm³/mol. The van der Waals surface area contributed by atoms with Crippen molar-refractivity contribution in [3.8, 4) is 0 Å². The third-order valence-electron chi connectivity index (χ3n) is 7.95. The van der Waals surface area contributed by atoms with Crippen LogP contribution in [0.1, 0.15) is 25.0 Å². The van der Waals surface area contributed by atoms with Crippen LogP contribution in [0.2, 0.25) is 0 Å². The summed E-state index contributed by atoms with van der Waals surface area (Å²) in [7, 11) is -9.54. The van der Waals surface area contributed by atoms with E-state index in [4.69, 9.17) is 0 Å². The fraction of sp³-hybridized carbons (Fsp3) is 0.103. The predicted octanol–water partition coefficient (Wildman–Crippen LogP) is 8.37. The molecule has 1 aromatic heterocycles. The van der Waals surface area contributed by atoms with Crippen molar-refractivity contribution in [2.45, 2.75) is 23.6 Å². The molecule has 0 atom stereocenters. The van der Waals surface area contributed by atoms with Gasteiger partial charge in [0.25, 0.3) is 20.2 Å². The smallest absolute Gasteiger partial charge is 0.295 e. The second-order valence-electron chi connectivity index (χ2n) is 12.2. The van der Waals surface area contributed by atoms with E-state index in [9.17, 15) is 25.9 Å². The summed E-state index contributed by atoms with van der Waals surface area (Å²) in [5, 5.41) is 18.9. The number of anilines is 10. The Morgan fingerprint density at radius 3 is 1.36 bits per heavy atom. The second-order valence-corrected chi connectivity index (χ2v) is 15.0. The summed E-state index contributed by atoms with van der Waals surface area (Å²) in [6, 6.07) is 33.0. The molecule has 17 heteroatoms. The summed E-state index contributed by atoms with van der Waals surface area (Å²) in [4.78, 5) is 12.2. The Hall–Kier alpha value is -6.53. The van der Waals surface area contributed by atoms with Crippen LogP contribution in [0.5, 0.6) is 0 Å². The summed E-state index contributed by atoms with van der Waals surface area (Å²) < 4.78 is 70.8. The molecule has 5 aromatic carbocycles. The Balaban J connectivity index is 1.27. The molecular formula is C39H39N9O6S2. The zero-order valence-electron chi connectivity index (χ0n) is 30.2. The molecule has 15 nitrogen and oxygen atoms in total. The molecule has 0 radical (unpaired) electrons. The van der Waals surface area contributed by atoms with Gasteiger partial charge in [-0.2, -0.15) is 31.8 Å². The highest BCUT2D eigenvalue weighted by molar-refractivity contribution is 7.86.